The highest BCUT2D eigenvalue weighted by molar-refractivity contribution is 5.75. The number of carbonyl (C=O) groups is 1. The van der Waals surface area contributed by atoms with Crippen molar-refractivity contribution in [2.24, 2.45) is 0 Å². The van der Waals surface area contributed by atoms with E-state index in [0.717, 1.165) is 0 Å². The van der Waals surface area contributed by atoms with Gasteiger partial charge >= 0.3 is 0 Å². The molecule has 1 aliphatic heterocycles. The Balaban J connectivity index is 2.28. The van der Waals surface area contributed by atoms with Crippen LogP contribution in [0.1, 0.15) is 32.6 Å². The van der Waals surface area contributed by atoms with Gasteiger partial charge in [0.2, 0.25) is 0 Å². The van der Waals surface area contributed by atoms with E-state index in [0.29, 0.717) is 19.3 Å². The number of hydrogen-bond donors (Lipinski definition) is 2. The topological polar surface area (TPSA) is 66.8 Å². The van der Waals surface area contributed by atoms with Gasteiger partial charge in [-0.05, 0) is 19.8 Å². The molecule has 4 nitrogen and oxygen atoms in total. The maximum absolute atomic E-state index is 10.7. The Morgan fingerprint density at radius 2 is 2.15 bits per heavy atom. The molecular formula is C9H16O4. The first kappa shape index (κ1) is 10.6. The van der Waals surface area contributed by atoms with Crippen LogP contribution in [0.5, 0.6) is 0 Å². The van der Waals surface area contributed by atoms with Crippen LogP contribution in [0.15, 0.2) is 0 Å². The lowest BCUT2D eigenvalue weighted by atomic mass is 10.0. The minimum Gasteiger partial charge on any atom is -0.393 e. The largest absolute Gasteiger partial charge is 0.393 e. The number of Topliss-reactive ketones (excluding diaryl/α,β-unsaturated/α-hetero) is 1. The standard InChI is InChI=1S/C9H16O4/c1-6(10)2-3-8-4-7(11)5-9(12)13-8/h7-9,11-12H,2-5H2,1H3/t7?,8?,9-/m0/s1. The smallest absolute Gasteiger partial charge is 0.157 e. The SMILES string of the molecule is CC(=O)CCC1CC(O)C[C@@H](O)O1. The Morgan fingerprint density at radius 3 is 2.69 bits per heavy atom. The fourth-order valence-corrected chi connectivity index (χ4v) is 1.52. The van der Waals surface area contributed by atoms with E-state index in [1.165, 1.54) is 6.92 Å². The monoisotopic (exact) mass is 188 g/mol. The predicted octanol–water partition coefficient (Wildman–Crippen LogP) is 0.214. The zero-order chi connectivity index (χ0) is 9.84. The first-order valence-corrected chi connectivity index (χ1v) is 4.59. The molecule has 2 N–H and O–H groups in total. The fourth-order valence-electron chi connectivity index (χ4n) is 1.52. The van der Waals surface area contributed by atoms with Crippen molar-refractivity contribution in [2.45, 2.75) is 51.1 Å². The van der Waals surface area contributed by atoms with Crippen LogP contribution in [0.2, 0.25) is 0 Å². The molecule has 76 valence electrons. The molecule has 0 amide bonds. The minimum atomic E-state index is -0.874. The highest BCUT2D eigenvalue weighted by Gasteiger charge is 2.26. The van der Waals surface area contributed by atoms with E-state index >= 15 is 0 Å². The number of carbonyl (C=O) groups excluding carboxylic acids is 1. The lowest BCUT2D eigenvalue weighted by Crippen LogP contribution is -2.35. The van der Waals surface area contributed by atoms with Crippen molar-refractivity contribution >= 4 is 5.78 Å². The van der Waals surface area contributed by atoms with Crippen molar-refractivity contribution in [3.05, 3.63) is 0 Å². The highest BCUT2D eigenvalue weighted by Crippen LogP contribution is 2.21. The number of aliphatic hydroxyl groups is 2. The normalized spacial score (nSPS) is 34.5. The van der Waals surface area contributed by atoms with Gasteiger partial charge in [-0.2, -0.15) is 0 Å². The molecule has 1 fully saturated rings. The lowest BCUT2D eigenvalue weighted by Gasteiger charge is -2.30. The van der Waals surface area contributed by atoms with Gasteiger partial charge in [-0.1, -0.05) is 0 Å². The molecule has 0 aliphatic carbocycles. The van der Waals surface area contributed by atoms with Crippen LogP contribution in [0.4, 0.5) is 0 Å². The Hall–Kier alpha value is -0.450. The summed E-state index contributed by atoms with van der Waals surface area (Å²) >= 11 is 0. The quantitative estimate of drug-likeness (QED) is 0.664. The van der Waals surface area contributed by atoms with Crippen LogP contribution >= 0.6 is 0 Å². The van der Waals surface area contributed by atoms with Crippen LogP contribution < -0.4 is 0 Å². The van der Waals surface area contributed by atoms with Crippen LogP contribution in [-0.2, 0) is 9.53 Å². The fraction of sp³-hybridized carbons (Fsp3) is 0.889. The zero-order valence-electron chi connectivity index (χ0n) is 7.77. The number of hydrogen-bond acceptors (Lipinski definition) is 4. The molecule has 2 unspecified atom stereocenters. The zero-order valence-corrected chi connectivity index (χ0v) is 7.77. The molecule has 1 aliphatic rings. The van der Waals surface area contributed by atoms with Crippen molar-refractivity contribution in [1.29, 1.82) is 0 Å². The summed E-state index contributed by atoms with van der Waals surface area (Å²) in [4.78, 5) is 10.7. The predicted molar refractivity (Wildman–Crippen MR) is 46.0 cm³/mol. The summed E-state index contributed by atoms with van der Waals surface area (Å²) < 4.78 is 5.15. The Morgan fingerprint density at radius 1 is 1.46 bits per heavy atom. The van der Waals surface area contributed by atoms with E-state index in [1.54, 1.807) is 0 Å². The van der Waals surface area contributed by atoms with Gasteiger partial charge < -0.3 is 19.7 Å². The van der Waals surface area contributed by atoms with Crippen LogP contribution in [0.25, 0.3) is 0 Å². The van der Waals surface area contributed by atoms with Crippen molar-refractivity contribution < 1.29 is 19.7 Å². The molecule has 0 radical (unpaired) electrons. The van der Waals surface area contributed by atoms with E-state index in [1.807, 2.05) is 0 Å². The van der Waals surface area contributed by atoms with E-state index in [9.17, 15) is 9.90 Å². The van der Waals surface area contributed by atoms with Crippen molar-refractivity contribution in [3.8, 4) is 0 Å². The number of ketones is 1. The third-order valence-electron chi connectivity index (χ3n) is 2.18. The molecule has 1 saturated heterocycles. The summed E-state index contributed by atoms with van der Waals surface area (Å²) in [7, 11) is 0. The second kappa shape index (κ2) is 4.69. The van der Waals surface area contributed by atoms with E-state index in [-0.39, 0.29) is 18.3 Å². The molecule has 0 aromatic rings. The molecular weight excluding hydrogens is 172 g/mol. The van der Waals surface area contributed by atoms with Crippen LogP contribution in [0.3, 0.4) is 0 Å². The van der Waals surface area contributed by atoms with E-state index < -0.39 is 12.4 Å². The van der Waals surface area contributed by atoms with Crippen molar-refractivity contribution in [1.82, 2.24) is 0 Å². The average molecular weight is 188 g/mol. The summed E-state index contributed by atoms with van der Waals surface area (Å²) in [6.07, 6.45) is 0.276. The maximum atomic E-state index is 10.7. The number of rotatable bonds is 3. The summed E-state index contributed by atoms with van der Waals surface area (Å²) in [6.45, 7) is 1.52. The first-order valence-electron chi connectivity index (χ1n) is 4.59. The highest BCUT2D eigenvalue weighted by atomic mass is 16.6. The summed E-state index contributed by atoms with van der Waals surface area (Å²) in [5.74, 6) is 0.109. The molecule has 0 bridgehead atoms. The summed E-state index contributed by atoms with van der Waals surface area (Å²) in [5.41, 5.74) is 0. The van der Waals surface area contributed by atoms with Crippen LogP contribution in [0, 0.1) is 0 Å². The lowest BCUT2D eigenvalue weighted by molar-refractivity contribution is -0.190. The number of aliphatic hydroxyl groups excluding tert-OH is 2. The van der Waals surface area contributed by atoms with Gasteiger partial charge in [0.1, 0.15) is 5.78 Å². The van der Waals surface area contributed by atoms with E-state index in [4.69, 9.17) is 9.84 Å². The molecule has 0 aromatic heterocycles. The first-order chi connectivity index (χ1) is 6.08. The summed E-state index contributed by atoms with van der Waals surface area (Å²) in [6, 6.07) is 0. The van der Waals surface area contributed by atoms with Gasteiger partial charge in [0.15, 0.2) is 6.29 Å². The molecule has 1 heterocycles. The average Bonchev–Trinajstić information content (AvgIpc) is 1.99. The number of ether oxygens (including phenoxy) is 1. The van der Waals surface area contributed by atoms with Gasteiger partial charge in [0, 0.05) is 12.8 Å². The van der Waals surface area contributed by atoms with Gasteiger partial charge in [-0.25, -0.2) is 0 Å². The van der Waals surface area contributed by atoms with Gasteiger partial charge in [0.25, 0.3) is 0 Å². The Bertz CT molecular complexity index is 170. The molecule has 3 atom stereocenters. The summed E-state index contributed by atoms with van der Waals surface area (Å²) in [5, 5.41) is 18.4. The third-order valence-corrected chi connectivity index (χ3v) is 2.18. The molecule has 4 heteroatoms. The van der Waals surface area contributed by atoms with Gasteiger partial charge in [0.05, 0.1) is 12.2 Å². The second-order valence-corrected chi connectivity index (χ2v) is 3.58. The van der Waals surface area contributed by atoms with Gasteiger partial charge in [-0.15, -0.1) is 0 Å². The maximum Gasteiger partial charge on any atom is 0.157 e. The second-order valence-electron chi connectivity index (χ2n) is 3.58. The third kappa shape index (κ3) is 3.85. The molecule has 0 saturated carbocycles. The van der Waals surface area contributed by atoms with E-state index in [2.05, 4.69) is 0 Å². The molecule has 0 aromatic carbocycles. The molecule has 13 heavy (non-hydrogen) atoms. The molecule has 1 rings (SSSR count). The Kier molecular flexibility index (Phi) is 3.84. The minimum absolute atomic E-state index is 0.109. The van der Waals surface area contributed by atoms with Crippen LogP contribution in [-0.4, -0.2) is 34.5 Å². The van der Waals surface area contributed by atoms with Crippen molar-refractivity contribution in [2.75, 3.05) is 0 Å². The van der Waals surface area contributed by atoms with Gasteiger partial charge in [-0.3, -0.25) is 0 Å². The molecule has 0 spiro atoms. The van der Waals surface area contributed by atoms with Crippen molar-refractivity contribution in [3.63, 3.8) is 0 Å². The Labute approximate surface area is 77.5 Å².